The maximum absolute atomic E-state index is 10.8. The number of carboxylic acids is 1. The number of hydrogen-bond acceptors (Lipinski definition) is 4. The highest BCUT2D eigenvalue weighted by Gasteiger charge is 2.22. The van der Waals surface area contributed by atoms with Gasteiger partial charge in [0, 0.05) is 18.2 Å². The van der Waals surface area contributed by atoms with Gasteiger partial charge >= 0.3 is 5.97 Å². The molecule has 0 bridgehead atoms. The number of aromatic carboxylic acids is 1. The molecule has 80 valence electrons. The van der Waals surface area contributed by atoms with Crippen LogP contribution < -0.4 is 0 Å². The number of nitrogens with zero attached hydrogens (tertiary/aromatic N) is 2. The van der Waals surface area contributed by atoms with E-state index in [4.69, 9.17) is 9.84 Å². The van der Waals surface area contributed by atoms with Crippen molar-refractivity contribution >= 4 is 5.97 Å². The van der Waals surface area contributed by atoms with Crippen LogP contribution in [0.15, 0.2) is 6.07 Å². The molecular formula is C10H12N2O3. The van der Waals surface area contributed by atoms with Crippen molar-refractivity contribution in [2.75, 3.05) is 13.2 Å². The lowest BCUT2D eigenvalue weighted by Crippen LogP contribution is -2.10. The Balaban J connectivity index is 2.34. The van der Waals surface area contributed by atoms with Crippen molar-refractivity contribution in [1.82, 2.24) is 9.97 Å². The first kappa shape index (κ1) is 10.0. The minimum atomic E-state index is -1.01. The second-order valence-electron chi connectivity index (χ2n) is 3.62. The van der Waals surface area contributed by atoms with Gasteiger partial charge in [-0.1, -0.05) is 0 Å². The Morgan fingerprint density at radius 3 is 3.00 bits per heavy atom. The van der Waals surface area contributed by atoms with Crippen molar-refractivity contribution in [2.24, 2.45) is 0 Å². The third-order valence-corrected chi connectivity index (χ3v) is 2.39. The Hall–Kier alpha value is -1.49. The monoisotopic (exact) mass is 208 g/mol. The number of carbonyl (C=O) groups is 1. The molecule has 1 aromatic heterocycles. The van der Waals surface area contributed by atoms with E-state index in [2.05, 4.69) is 9.97 Å². The van der Waals surface area contributed by atoms with Crippen LogP contribution in [0.4, 0.5) is 0 Å². The minimum Gasteiger partial charge on any atom is -0.477 e. The van der Waals surface area contributed by atoms with Gasteiger partial charge in [0.2, 0.25) is 0 Å². The van der Waals surface area contributed by atoms with Crippen LogP contribution in [0.1, 0.15) is 34.3 Å². The van der Waals surface area contributed by atoms with Crippen molar-refractivity contribution in [2.45, 2.75) is 19.3 Å². The summed E-state index contributed by atoms with van der Waals surface area (Å²) in [7, 11) is 0. The van der Waals surface area contributed by atoms with E-state index in [-0.39, 0.29) is 11.6 Å². The molecule has 1 aliphatic rings. The zero-order valence-corrected chi connectivity index (χ0v) is 8.43. The number of carboxylic acid groups (broad SMARTS) is 1. The van der Waals surface area contributed by atoms with Gasteiger partial charge in [0.15, 0.2) is 5.69 Å². The first-order chi connectivity index (χ1) is 7.16. The molecule has 1 aromatic rings. The van der Waals surface area contributed by atoms with Gasteiger partial charge in [-0.2, -0.15) is 0 Å². The highest BCUT2D eigenvalue weighted by molar-refractivity contribution is 5.85. The summed E-state index contributed by atoms with van der Waals surface area (Å²) in [4.78, 5) is 19.1. The maximum atomic E-state index is 10.8. The van der Waals surface area contributed by atoms with E-state index in [1.54, 1.807) is 6.92 Å². The number of ether oxygens (including phenoxy) is 1. The van der Waals surface area contributed by atoms with Gasteiger partial charge in [-0.15, -0.1) is 0 Å². The third kappa shape index (κ3) is 2.12. The lowest BCUT2D eigenvalue weighted by Gasteiger charge is -2.07. The topological polar surface area (TPSA) is 72.3 Å². The van der Waals surface area contributed by atoms with E-state index in [0.29, 0.717) is 24.7 Å². The minimum absolute atomic E-state index is 0.0596. The maximum Gasteiger partial charge on any atom is 0.354 e. The van der Waals surface area contributed by atoms with Crippen LogP contribution in [0.5, 0.6) is 0 Å². The highest BCUT2D eigenvalue weighted by atomic mass is 16.5. The van der Waals surface area contributed by atoms with Crippen molar-refractivity contribution in [3.8, 4) is 0 Å². The molecule has 1 unspecified atom stereocenters. The average molecular weight is 208 g/mol. The van der Waals surface area contributed by atoms with Crippen molar-refractivity contribution in [3.05, 3.63) is 23.3 Å². The van der Waals surface area contributed by atoms with Crippen LogP contribution in [0.3, 0.4) is 0 Å². The SMILES string of the molecule is Cc1cc(C(=O)O)nc(C2CCOC2)n1. The molecule has 2 heterocycles. The molecule has 1 saturated heterocycles. The standard InChI is InChI=1S/C10H12N2O3/c1-6-4-8(10(13)14)12-9(11-6)7-2-3-15-5-7/h4,7H,2-3,5H2,1H3,(H,13,14). The first-order valence-electron chi connectivity index (χ1n) is 4.83. The Bertz CT molecular complexity index is 386. The predicted octanol–water partition coefficient (Wildman–Crippen LogP) is 0.987. The Labute approximate surface area is 87.1 Å². The summed E-state index contributed by atoms with van der Waals surface area (Å²) < 4.78 is 5.22. The van der Waals surface area contributed by atoms with Gasteiger partial charge in [-0.25, -0.2) is 14.8 Å². The fraction of sp³-hybridized carbons (Fsp3) is 0.500. The summed E-state index contributed by atoms with van der Waals surface area (Å²) in [5.41, 5.74) is 0.744. The molecule has 0 radical (unpaired) electrons. The van der Waals surface area contributed by atoms with Crippen molar-refractivity contribution in [3.63, 3.8) is 0 Å². The summed E-state index contributed by atoms with van der Waals surface area (Å²) in [6.07, 6.45) is 0.864. The van der Waals surface area contributed by atoms with Crippen LogP contribution in [-0.4, -0.2) is 34.3 Å². The lowest BCUT2D eigenvalue weighted by atomic mass is 10.1. The summed E-state index contributed by atoms with van der Waals surface area (Å²) in [6.45, 7) is 3.06. The molecule has 0 amide bonds. The Kier molecular flexibility index (Phi) is 2.64. The Morgan fingerprint density at radius 1 is 1.60 bits per heavy atom. The average Bonchev–Trinajstić information content (AvgIpc) is 2.69. The van der Waals surface area contributed by atoms with Gasteiger partial charge in [0.25, 0.3) is 0 Å². The van der Waals surface area contributed by atoms with Crippen molar-refractivity contribution < 1.29 is 14.6 Å². The van der Waals surface area contributed by atoms with Gasteiger partial charge in [-0.3, -0.25) is 0 Å². The third-order valence-electron chi connectivity index (χ3n) is 2.39. The van der Waals surface area contributed by atoms with E-state index in [1.807, 2.05) is 0 Å². The first-order valence-corrected chi connectivity index (χ1v) is 4.83. The van der Waals surface area contributed by atoms with Crippen LogP contribution in [-0.2, 0) is 4.74 Å². The molecule has 0 spiro atoms. The number of aromatic nitrogens is 2. The number of rotatable bonds is 2. The summed E-state index contributed by atoms with van der Waals surface area (Å²) >= 11 is 0. The smallest absolute Gasteiger partial charge is 0.354 e. The number of hydrogen-bond donors (Lipinski definition) is 1. The fourth-order valence-corrected chi connectivity index (χ4v) is 1.62. The lowest BCUT2D eigenvalue weighted by molar-refractivity contribution is 0.0689. The van der Waals surface area contributed by atoms with E-state index in [0.717, 1.165) is 6.42 Å². The summed E-state index contributed by atoms with van der Waals surface area (Å²) in [5, 5.41) is 8.85. The van der Waals surface area contributed by atoms with Crippen LogP contribution in [0.25, 0.3) is 0 Å². The van der Waals surface area contributed by atoms with E-state index < -0.39 is 5.97 Å². The molecule has 0 saturated carbocycles. The summed E-state index contributed by atoms with van der Waals surface area (Å²) in [6, 6.07) is 1.47. The van der Waals surface area contributed by atoms with Gasteiger partial charge in [-0.05, 0) is 19.4 Å². The normalized spacial score (nSPS) is 20.5. The zero-order valence-electron chi connectivity index (χ0n) is 8.43. The Morgan fingerprint density at radius 2 is 2.40 bits per heavy atom. The summed E-state index contributed by atoms with van der Waals surface area (Å²) in [5.74, 6) is -0.284. The van der Waals surface area contributed by atoms with Crippen LogP contribution >= 0.6 is 0 Å². The molecule has 0 aromatic carbocycles. The van der Waals surface area contributed by atoms with Crippen LogP contribution in [0.2, 0.25) is 0 Å². The van der Waals surface area contributed by atoms with E-state index >= 15 is 0 Å². The van der Waals surface area contributed by atoms with Gasteiger partial charge in [0.1, 0.15) is 5.82 Å². The van der Waals surface area contributed by atoms with E-state index in [9.17, 15) is 4.79 Å². The van der Waals surface area contributed by atoms with Crippen LogP contribution in [0, 0.1) is 6.92 Å². The van der Waals surface area contributed by atoms with Crippen molar-refractivity contribution in [1.29, 1.82) is 0 Å². The molecular weight excluding hydrogens is 196 g/mol. The predicted molar refractivity (Wildman–Crippen MR) is 51.9 cm³/mol. The zero-order chi connectivity index (χ0) is 10.8. The second kappa shape index (κ2) is 3.94. The van der Waals surface area contributed by atoms with E-state index in [1.165, 1.54) is 6.07 Å². The quantitative estimate of drug-likeness (QED) is 0.784. The molecule has 1 atom stereocenters. The second-order valence-corrected chi connectivity index (χ2v) is 3.62. The molecule has 5 heteroatoms. The molecule has 1 N–H and O–H groups in total. The molecule has 1 aliphatic heterocycles. The molecule has 1 fully saturated rings. The molecule has 0 aliphatic carbocycles. The van der Waals surface area contributed by atoms with Gasteiger partial charge in [0.05, 0.1) is 6.61 Å². The molecule has 5 nitrogen and oxygen atoms in total. The molecule has 15 heavy (non-hydrogen) atoms. The van der Waals surface area contributed by atoms with Gasteiger partial charge < -0.3 is 9.84 Å². The number of aryl methyl sites for hydroxylation is 1. The fourth-order valence-electron chi connectivity index (χ4n) is 1.62. The largest absolute Gasteiger partial charge is 0.477 e. The highest BCUT2D eigenvalue weighted by Crippen LogP contribution is 2.22. The molecule has 2 rings (SSSR count).